The Morgan fingerprint density at radius 3 is 2.59 bits per heavy atom. The lowest BCUT2D eigenvalue weighted by atomic mass is 10.1. The summed E-state index contributed by atoms with van der Waals surface area (Å²) in [5.41, 5.74) is 4.87. The fraction of sp³-hybridized carbons (Fsp3) is 0.273. The van der Waals surface area contributed by atoms with Crippen molar-refractivity contribution in [2.75, 3.05) is 32.2 Å². The van der Waals surface area contributed by atoms with Gasteiger partial charge >= 0.3 is 5.91 Å². The van der Waals surface area contributed by atoms with Gasteiger partial charge in [0, 0.05) is 30.1 Å². The first-order valence-corrected chi connectivity index (χ1v) is 9.52. The van der Waals surface area contributed by atoms with Crippen LogP contribution in [0.1, 0.15) is 29.0 Å². The average Bonchev–Trinajstić information content (AvgIpc) is 3.43. The molecule has 0 unspecified atom stereocenters. The van der Waals surface area contributed by atoms with Crippen molar-refractivity contribution in [3.63, 3.8) is 0 Å². The smallest absolute Gasteiger partial charge is 0.307 e. The largest absolute Gasteiger partial charge is 0.496 e. The molecule has 3 aromatic rings. The highest BCUT2D eigenvalue weighted by Gasteiger charge is 2.19. The maximum absolute atomic E-state index is 12.3. The van der Waals surface area contributed by atoms with Crippen molar-refractivity contribution in [1.82, 2.24) is 5.43 Å². The number of carbonyl (C=O) groups is 1. The van der Waals surface area contributed by atoms with Gasteiger partial charge in [0.15, 0.2) is 5.76 Å². The number of nitrogens with one attached hydrogen (secondary N) is 1. The maximum Gasteiger partial charge on any atom is 0.307 e. The number of ether oxygens (including phenoxy) is 2. The monoisotopic (exact) mass is 393 g/mol. The molecule has 1 aliphatic heterocycles. The van der Waals surface area contributed by atoms with Gasteiger partial charge in [-0.2, -0.15) is 5.10 Å². The SMILES string of the molecule is COc1cc(N2CCCC2)c(OC)cc1/C=N/NC(=O)c1cc2ccccc2o1. The van der Waals surface area contributed by atoms with Crippen molar-refractivity contribution in [3.8, 4) is 11.5 Å². The van der Waals surface area contributed by atoms with Crippen LogP contribution in [0.4, 0.5) is 5.69 Å². The van der Waals surface area contributed by atoms with Gasteiger partial charge in [-0.25, -0.2) is 5.43 Å². The zero-order valence-electron chi connectivity index (χ0n) is 16.5. The third kappa shape index (κ3) is 3.89. The van der Waals surface area contributed by atoms with E-state index in [1.54, 1.807) is 20.3 Å². The van der Waals surface area contributed by atoms with Crippen LogP contribution in [0.5, 0.6) is 11.5 Å². The van der Waals surface area contributed by atoms with E-state index in [2.05, 4.69) is 15.4 Å². The number of nitrogens with zero attached hydrogens (tertiary/aromatic N) is 2. The van der Waals surface area contributed by atoms with Crippen molar-refractivity contribution in [2.24, 2.45) is 5.10 Å². The molecule has 0 saturated carbocycles. The number of benzene rings is 2. The van der Waals surface area contributed by atoms with Gasteiger partial charge in [0.1, 0.15) is 17.1 Å². The zero-order valence-corrected chi connectivity index (χ0v) is 16.5. The summed E-state index contributed by atoms with van der Waals surface area (Å²) in [7, 11) is 3.26. The zero-order chi connectivity index (χ0) is 20.2. The van der Waals surface area contributed by atoms with Crippen molar-refractivity contribution < 1.29 is 18.7 Å². The van der Waals surface area contributed by atoms with Gasteiger partial charge in [-0.1, -0.05) is 18.2 Å². The number of furan rings is 1. The molecule has 0 spiro atoms. The van der Waals surface area contributed by atoms with Gasteiger partial charge in [-0.15, -0.1) is 0 Å². The summed E-state index contributed by atoms with van der Waals surface area (Å²) < 4.78 is 16.6. The molecule has 0 atom stereocenters. The molecule has 2 aromatic carbocycles. The van der Waals surface area contributed by atoms with E-state index in [0.717, 1.165) is 29.9 Å². The maximum atomic E-state index is 12.3. The lowest BCUT2D eigenvalue weighted by Gasteiger charge is -2.22. The van der Waals surface area contributed by atoms with Crippen molar-refractivity contribution in [2.45, 2.75) is 12.8 Å². The molecule has 150 valence electrons. The van der Waals surface area contributed by atoms with Crippen LogP contribution in [0.3, 0.4) is 0 Å². The molecule has 1 N–H and O–H groups in total. The van der Waals surface area contributed by atoms with E-state index in [0.29, 0.717) is 16.9 Å². The molecule has 0 bridgehead atoms. The van der Waals surface area contributed by atoms with Crippen LogP contribution >= 0.6 is 0 Å². The number of amides is 1. The molecule has 29 heavy (non-hydrogen) atoms. The summed E-state index contributed by atoms with van der Waals surface area (Å²) in [6.45, 7) is 2.00. The van der Waals surface area contributed by atoms with E-state index in [1.165, 1.54) is 19.1 Å². The summed E-state index contributed by atoms with van der Waals surface area (Å²) in [5.74, 6) is 1.20. The first kappa shape index (κ1) is 18.9. The second-order valence-electron chi connectivity index (χ2n) is 6.81. The summed E-state index contributed by atoms with van der Waals surface area (Å²) in [5, 5.41) is 4.93. The summed E-state index contributed by atoms with van der Waals surface area (Å²) in [4.78, 5) is 14.6. The molecule has 1 aliphatic rings. The molecule has 0 radical (unpaired) electrons. The fourth-order valence-electron chi connectivity index (χ4n) is 3.52. The summed E-state index contributed by atoms with van der Waals surface area (Å²) in [6.07, 6.45) is 3.88. The Kier molecular flexibility index (Phi) is 5.37. The van der Waals surface area contributed by atoms with Crippen LogP contribution in [0.15, 0.2) is 52.0 Å². The molecular formula is C22H23N3O4. The highest BCUT2D eigenvalue weighted by atomic mass is 16.5. The van der Waals surface area contributed by atoms with Crippen LogP contribution < -0.4 is 19.8 Å². The number of hydrazone groups is 1. The van der Waals surface area contributed by atoms with E-state index in [4.69, 9.17) is 13.9 Å². The highest BCUT2D eigenvalue weighted by molar-refractivity contribution is 5.96. The molecule has 1 saturated heterocycles. The van der Waals surface area contributed by atoms with Crippen LogP contribution in [0, 0.1) is 0 Å². The minimum absolute atomic E-state index is 0.206. The molecule has 7 nitrogen and oxygen atoms in total. The number of para-hydroxylation sites is 1. The number of anilines is 1. The van der Waals surface area contributed by atoms with Gasteiger partial charge in [0.2, 0.25) is 0 Å². The number of carbonyl (C=O) groups excluding carboxylic acids is 1. The Bertz CT molecular complexity index is 1020. The van der Waals surface area contributed by atoms with Crippen molar-refractivity contribution in [1.29, 1.82) is 0 Å². The van der Waals surface area contributed by atoms with Crippen LogP contribution in [0.25, 0.3) is 11.0 Å². The molecule has 1 aromatic heterocycles. The number of fused-ring (bicyclic) bond motifs is 1. The van der Waals surface area contributed by atoms with Gasteiger partial charge < -0.3 is 18.8 Å². The quantitative estimate of drug-likeness (QED) is 0.509. The number of hydrogen-bond acceptors (Lipinski definition) is 6. The first-order chi connectivity index (χ1) is 14.2. The molecule has 4 rings (SSSR count). The number of methoxy groups -OCH3 is 2. The first-order valence-electron chi connectivity index (χ1n) is 9.52. The van der Waals surface area contributed by atoms with E-state index >= 15 is 0 Å². The number of hydrogen-bond donors (Lipinski definition) is 1. The Labute approximate surface area is 168 Å². The van der Waals surface area contributed by atoms with Crippen molar-refractivity contribution >= 4 is 28.8 Å². The molecular weight excluding hydrogens is 370 g/mol. The molecule has 1 fully saturated rings. The summed E-state index contributed by atoms with van der Waals surface area (Å²) >= 11 is 0. The summed E-state index contributed by atoms with van der Waals surface area (Å²) in [6, 6.07) is 13.0. The highest BCUT2D eigenvalue weighted by Crippen LogP contribution is 2.36. The lowest BCUT2D eigenvalue weighted by molar-refractivity contribution is 0.0929. The lowest BCUT2D eigenvalue weighted by Crippen LogP contribution is -2.19. The standard InChI is InChI=1S/C22H23N3O4/c1-27-19-13-17(25-9-5-6-10-25)20(28-2)12-16(19)14-23-24-22(26)21-11-15-7-3-4-8-18(15)29-21/h3-4,7-8,11-14H,5-6,9-10H2,1-2H3,(H,24,26)/b23-14+. The van der Waals surface area contributed by atoms with Crippen LogP contribution in [-0.2, 0) is 0 Å². The molecule has 2 heterocycles. The minimum atomic E-state index is -0.419. The van der Waals surface area contributed by atoms with Gasteiger partial charge in [0.05, 0.1) is 26.1 Å². The predicted octanol–water partition coefficient (Wildman–Crippen LogP) is 3.81. The van der Waals surface area contributed by atoms with Gasteiger partial charge in [-0.3, -0.25) is 4.79 Å². The Morgan fingerprint density at radius 2 is 1.86 bits per heavy atom. The van der Waals surface area contributed by atoms with E-state index < -0.39 is 5.91 Å². The minimum Gasteiger partial charge on any atom is -0.496 e. The van der Waals surface area contributed by atoms with E-state index in [1.807, 2.05) is 36.4 Å². The van der Waals surface area contributed by atoms with E-state index in [-0.39, 0.29) is 5.76 Å². The fourth-order valence-corrected chi connectivity index (χ4v) is 3.52. The van der Waals surface area contributed by atoms with Gasteiger partial charge in [0.25, 0.3) is 0 Å². The molecule has 7 heteroatoms. The third-order valence-corrected chi connectivity index (χ3v) is 5.00. The second-order valence-corrected chi connectivity index (χ2v) is 6.81. The van der Waals surface area contributed by atoms with Crippen molar-refractivity contribution in [3.05, 3.63) is 53.8 Å². The van der Waals surface area contributed by atoms with E-state index in [9.17, 15) is 4.79 Å². The Hall–Kier alpha value is -3.48. The average molecular weight is 393 g/mol. The van der Waals surface area contributed by atoms with Crippen LogP contribution in [-0.4, -0.2) is 39.4 Å². The molecule has 0 aliphatic carbocycles. The second kappa shape index (κ2) is 8.26. The third-order valence-electron chi connectivity index (χ3n) is 5.00. The topological polar surface area (TPSA) is 76.3 Å². The number of rotatable bonds is 6. The molecule has 1 amide bonds. The normalized spacial score (nSPS) is 13.9. The Morgan fingerprint density at radius 1 is 1.10 bits per heavy atom. The Balaban J connectivity index is 1.53. The van der Waals surface area contributed by atoms with Gasteiger partial charge in [-0.05, 0) is 31.0 Å². The van der Waals surface area contributed by atoms with Crippen LogP contribution in [0.2, 0.25) is 0 Å². The predicted molar refractivity (Wildman–Crippen MR) is 112 cm³/mol.